The molecule has 3 nitrogen and oxygen atoms in total. The van der Waals surface area contributed by atoms with Gasteiger partial charge in [-0.25, -0.2) is 4.79 Å². The van der Waals surface area contributed by atoms with Crippen molar-refractivity contribution in [2.24, 2.45) is 0 Å². The summed E-state index contributed by atoms with van der Waals surface area (Å²) in [5.74, 6) is -0.314. The van der Waals surface area contributed by atoms with Crippen LogP contribution in [0.2, 0.25) is 0 Å². The molecule has 3 heteroatoms. The molecular weight excluding hydrogens is 192 g/mol. The molecular formula is C12H20O3. The molecule has 0 aliphatic carbocycles. The van der Waals surface area contributed by atoms with Crippen molar-refractivity contribution in [1.29, 1.82) is 0 Å². The number of hydrogen-bond donors (Lipinski definition) is 1. The average molecular weight is 212 g/mol. The topological polar surface area (TPSA) is 46.5 Å². The van der Waals surface area contributed by atoms with Crippen LogP contribution in [-0.4, -0.2) is 24.3 Å². The minimum absolute atomic E-state index is 0.00765. The van der Waals surface area contributed by atoms with Crippen molar-refractivity contribution >= 4 is 5.97 Å². The van der Waals surface area contributed by atoms with E-state index in [1.165, 1.54) is 6.08 Å². The van der Waals surface area contributed by atoms with Gasteiger partial charge in [0, 0.05) is 6.08 Å². The Morgan fingerprint density at radius 3 is 2.67 bits per heavy atom. The van der Waals surface area contributed by atoms with Gasteiger partial charge in [-0.05, 0) is 25.3 Å². The van der Waals surface area contributed by atoms with Crippen LogP contribution in [0.25, 0.3) is 0 Å². The van der Waals surface area contributed by atoms with Gasteiger partial charge in [0.25, 0.3) is 0 Å². The van der Waals surface area contributed by atoms with Gasteiger partial charge in [0.05, 0.1) is 13.2 Å². The van der Waals surface area contributed by atoms with Gasteiger partial charge < -0.3 is 9.84 Å². The number of hydrogen-bond acceptors (Lipinski definition) is 3. The molecule has 0 aromatic heterocycles. The smallest absolute Gasteiger partial charge is 0.331 e. The van der Waals surface area contributed by atoms with Gasteiger partial charge in [-0.2, -0.15) is 0 Å². The summed E-state index contributed by atoms with van der Waals surface area (Å²) >= 11 is 0. The highest BCUT2D eigenvalue weighted by Gasteiger charge is 1.99. The monoisotopic (exact) mass is 212 g/mol. The summed E-state index contributed by atoms with van der Waals surface area (Å²) in [6, 6.07) is 0. The number of carbonyl (C=O) groups excluding carboxylic acids is 1. The first-order valence-electron chi connectivity index (χ1n) is 5.39. The van der Waals surface area contributed by atoms with Gasteiger partial charge in [-0.1, -0.05) is 25.5 Å². The van der Waals surface area contributed by atoms with E-state index < -0.39 is 0 Å². The van der Waals surface area contributed by atoms with Crippen LogP contribution in [0.15, 0.2) is 23.8 Å². The Hall–Kier alpha value is -1.09. The molecule has 0 atom stereocenters. The van der Waals surface area contributed by atoms with E-state index in [1.54, 1.807) is 19.1 Å². The fourth-order valence-electron chi connectivity index (χ4n) is 1.12. The predicted octanol–water partition coefficient (Wildman–Crippen LogP) is 2.21. The third-order valence-corrected chi connectivity index (χ3v) is 1.85. The fourth-order valence-corrected chi connectivity index (χ4v) is 1.12. The number of esters is 1. The van der Waals surface area contributed by atoms with Gasteiger partial charge in [-0.3, -0.25) is 0 Å². The molecule has 0 unspecified atom stereocenters. The molecule has 0 aromatic rings. The van der Waals surface area contributed by atoms with Crippen molar-refractivity contribution < 1.29 is 14.6 Å². The molecule has 0 heterocycles. The van der Waals surface area contributed by atoms with Gasteiger partial charge in [0.2, 0.25) is 0 Å². The van der Waals surface area contributed by atoms with Crippen LogP contribution in [0.4, 0.5) is 0 Å². The quantitative estimate of drug-likeness (QED) is 0.400. The van der Waals surface area contributed by atoms with Crippen molar-refractivity contribution in [2.45, 2.75) is 33.1 Å². The zero-order chi connectivity index (χ0) is 11.5. The molecule has 0 spiro atoms. The first kappa shape index (κ1) is 13.9. The predicted molar refractivity (Wildman–Crippen MR) is 60.5 cm³/mol. The highest BCUT2D eigenvalue weighted by molar-refractivity contribution is 5.83. The van der Waals surface area contributed by atoms with Crippen LogP contribution >= 0.6 is 0 Å². The summed E-state index contributed by atoms with van der Waals surface area (Å²) in [7, 11) is 0. The van der Waals surface area contributed by atoms with Crippen LogP contribution in [0.1, 0.15) is 33.1 Å². The van der Waals surface area contributed by atoms with Crippen LogP contribution in [-0.2, 0) is 9.53 Å². The lowest BCUT2D eigenvalue weighted by molar-refractivity contribution is -0.137. The largest absolute Gasteiger partial charge is 0.463 e. The summed E-state index contributed by atoms with van der Waals surface area (Å²) in [5.41, 5.74) is 0.907. The molecule has 0 saturated heterocycles. The van der Waals surface area contributed by atoms with Crippen molar-refractivity contribution in [3.05, 3.63) is 23.8 Å². The highest BCUT2D eigenvalue weighted by Crippen LogP contribution is 2.09. The lowest BCUT2D eigenvalue weighted by Crippen LogP contribution is -2.00. The van der Waals surface area contributed by atoms with Crippen LogP contribution in [0, 0.1) is 0 Å². The van der Waals surface area contributed by atoms with Gasteiger partial charge in [0.15, 0.2) is 0 Å². The number of carbonyl (C=O) groups is 1. The Bertz CT molecular complexity index is 229. The van der Waals surface area contributed by atoms with Crippen molar-refractivity contribution in [3.8, 4) is 0 Å². The van der Waals surface area contributed by atoms with E-state index in [2.05, 4.69) is 6.92 Å². The maximum Gasteiger partial charge on any atom is 0.331 e. The fraction of sp³-hybridized carbons (Fsp3) is 0.583. The number of aliphatic hydroxyl groups excluding tert-OH is 1. The first-order valence-corrected chi connectivity index (χ1v) is 5.39. The molecule has 0 radical (unpaired) electrons. The molecule has 0 aliphatic heterocycles. The van der Waals surface area contributed by atoms with E-state index in [4.69, 9.17) is 9.84 Å². The van der Waals surface area contributed by atoms with E-state index in [0.717, 1.165) is 24.8 Å². The van der Waals surface area contributed by atoms with Gasteiger partial charge in [0.1, 0.15) is 0 Å². The molecule has 0 bridgehead atoms. The number of aliphatic hydroxyl groups is 1. The lowest BCUT2D eigenvalue weighted by Gasteiger charge is -2.01. The van der Waals surface area contributed by atoms with E-state index in [1.807, 2.05) is 0 Å². The van der Waals surface area contributed by atoms with Gasteiger partial charge >= 0.3 is 5.97 Å². The maximum absolute atomic E-state index is 11.2. The summed E-state index contributed by atoms with van der Waals surface area (Å²) in [6.07, 6.45) is 7.83. The average Bonchev–Trinajstić information content (AvgIpc) is 2.22. The normalized spacial score (nSPS) is 12.1. The standard InChI is InChI=1S/C12H20O3/c1-3-5-7-11(8-6-9-13)10-12(14)15-4-2/h6,8,10,13H,3-5,7,9H2,1-2H3/b8-6-,11-10-. The van der Waals surface area contributed by atoms with Crippen LogP contribution in [0.3, 0.4) is 0 Å². The number of ether oxygens (including phenoxy) is 1. The maximum atomic E-state index is 11.2. The van der Waals surface area contributed by atoms with Crippen molar-refractivity contribution in [1.82, 2.24) is 0 Å². The second-order valence-electron chi connectivity index (χ2n) is 3.16. The zero-order valence-corrected chi connectivity index (χ0v) is 9.53. The molecule has 0 aromatic carbocycles. The lowest BCUT2D eigenvalue weighted by atomic mass is 10.1. The minimum atomic E-state index is -0.314. The molecule has 1 N–H and O–H groups in total. The van der Waals surface area contributed by atoms with Crippen molar-refractivity contribution in [2.75, 3.05) is 13.2 Å². The van der Waals surface area contributed by atoms with Gasteiger partial charge in [-0.15, -0.1) is 0 Å². The third-order valence-electron chi connectivity index (χ3n) is 1.85. The molecule has 0 aliphatic rings. The first-order chi connectivity index (χ1) is 7.24. The van der Waals surface area contributed by atoms with Crippen molar-refractivity contribution in [3.63, 3.8) is 0 Å². The summed E-state index contributed by atoms with van der Waals surface area (Å²) in [5, 5.41) is 8.65. The Kier molecular flexibility index (Phi) is 8.78. The second kappa shape index (κ2) is 9.46. The SMILES string of the molecule is CCCCC(/C=C\CO)=C/C(=O)OCC. The minimum Gasteiger partial charge on any atom is -0.463 e. The number of rotatable bonds is 7. The summed E-state index contributed by atoms with van der Waals surface area (Å²) < 4.78 is 4.82. The molecule has 0 fully saturated rings. The molecule has 0 saturated carbocycles. The Balaban J connectivity index is 4.31. The summed E-state index contributed by atoms with van der Waals surface area (Å²) in [6.45, 7) is 4.26. The van der Waals surface area contributed by atoms with E-state index in [-0.39, 0.29) is 12.6 Å². The van der Waals surface area contributed by atoms with E-state index in [9.17, 15) is 4.79 Å². The molecule has 0 rings (SSSR count). The molecule has 15 heavy (non-hydrogen) atoms. The van der Waals surface area contributed by atoms with E-state index >= 15 is 0 Å². The molecule has 0 amide bonds. The van der Waals surface area contributed by atoms with Crippen LogP contribution in [0.5, 0.6) is 0 Å². The molecule has 86 valence electrons. The highest BCUT2D eigenvalue weighted by atomic mass is 16.5. The Labute approximate surface area is 91.4 Å². The van der Waals surface area contributed by atoms with E-state index in [0.29, 0.717) is 6.61 Å². The van der Waals surface area contributed by atoms with Crippen LogP contribution < -0.4 is 0 Å². The number of allylic oxidation sites excluding steroid dienone is 2. The summed E-state index contributed by atoms with van der Waals surface area (Å²) in [4.78, 5) is 11.2. The third kappa shape index (κ3) is 7.94. The Morgan fingerprint density at radius 2 is 2.13 bits per heavy atom. The Morgan fingerprint density at radius 1 is 1.40 bits per heavy atom. The zero-order valence-electron chi connectivity index (χ0n) is 9.53. The second-order valence-corrected chi connectivity index (χ2v) is 3.16. The number of unbranched alkanes of at least 4 members (excludes halogenated alkanes) is 1.